The third-order valence-electron chi connectivity index (χ3n) is 6.22. The van der Waals surface area contributed by atoms with Gasteiger partial charge in [-0.15, -0.1) is 0 Å². The molecule has 2 nitrogen and oxygen atoms in total. The Hall–Kier alpha value is -1.38. The molecule has 1 aromatic rings. The van der Waals surface area contributed by atoms with Crippen LogP contribution < -0.4 is 5.32 Å². The van der Waals surface area contributed by atoms with E-state index in [0.717, 1.165) is 42.6 Å². The maximum atomic E-state index is 13.4. The van der Waals surface area contributed by atoms with Crippen LogP contribution >= 0.6 is 0 Å². The number of carbonyl (C=O) groups excluding carboxylic acids is 1. The monoisotopic (exact) mass is 301 g/mol. The van der Waals surface area contributed by atoms with Crippen LogP contribution in [0.5, 0.6) is 0 Å². The van der Waals surface area contributed by atoms with E-state index in [1.807, 2.05) is 13.0 Å². The maximum absolute atomic E-state index is 13.4. The van der Waals surface area contributed by atoms with Gasteiger partial charge in [0.1, 0.15) is 5.82 Å². The molecule has 1 atom stereocenters. The molecule has 5 rings (SSSR count). The lowest BCUT2D eigenvalue weighted by atomic mass is 9.49. The number of rotatable bonds is 3. The predicted octanol–water partition coefficient (Wildman–Crippen LogP) is 4.22. The molecule has 1 amide bonds. The minimum Gasteiger partial charge on any atom is -0.349 e. The van der Waals surface area contributed by atoms with Gasteiger partial charge in [-0.05, 0) is 80.9 Å². The highest BCUT2D eigenvalue weighted by molar-refractivity contribution is 5.83. The summed E-state index contributed by atoms with van der Waals surface area (Å²) in [6.07, 6.45) is 7.23. The van der Waals surface area contributed by atoms with Gasteiger partial charge in [0.15, 0.2) is 0 Å². The molecule has 0 aromatic heterocycles. The highest BCUT2D eigenvalue weighted by atomic mass is 19.1. The Labute approximate surface area is 131 Å². The molecule has 4 aliphatic carbocycles. The Bertz CT molecular complexity index is 562. The van der Waals surface area contributed by atoms with Crippen LogP contribution in [0.1, 0.15) is 57.1 Å². The highest BCUT2D eigenvalue weighted by Gasteiger charge is 2.54. The van der Waals surface area contributed by atoms with Crippen molar-refractivity contribution in [3.05, 3.63) is 35.6 Å². The second-order valence-corrected chi connectivity index (χ2v) is 7.95. The Kier molecular flexibility index (Phi) is 3.28. The molecule has 1 aromatic carbocycles. The Morgan fingerprint density at radius 3 is 2.32 bits per heavy atom. The first-order valence-corrected chi connectivity index (χ1v) is 8.60. The minimum absolute atomic E-state index is 0.129. The summed E-state index contributed by atoms with van der Waals surface area (Å²) in [6, 6.07) is 6.42. The fourth-order valence-corrected chi connectivity index (χ4v) is 5.60. The van der Waals surface area contributed by atoms with Gasteiger partial charge in [-0.1, -0.05) is 12.1 Å². The first-order chi connectivity index (χ1) is 10.5. The van der Waals surface area contributed by atoms with Crippen LogP contribution in [-0.4, -0.2) is 5.91 Å². The lowest BCUT2D eigenvalue weighted by Crippen LogP contribution is -2.53. The average molecular weight is 301 g/mol. The van der Waals surface area contributed by atoms with Gasteiger partial charge in [-0.2, -0.15) is 0 Å². The molecule has 3 heteroatoms. The standard InChI is InChI=1S/C19H24FNO/c1-12(16-3-2-4-17(20)8-16)21-18(22)19-9-13-5-14(10-19)7-15(6-13)11-19/h2-4,8,12-15H,5-7,9-11H2,1H3,(H,21,22). The van der Waals surface area contributed by atoms with Crippen LogP contribution in [0.4, 0.5) is 4.39 Å². The summed E-state index contributed by atoms with van der Waals surface area (Å²) >= 11 is 0. The number of nitrogens with one attached hydrogen (secondary N) is 1. The van der Waals surface area contributed by atoms with Gasteiger partial charge in [0.25, 0.3) is 0 Å². The zero-order chi connectivity index (χ0) is 15.3. The number of hydrogen-bond donors (Lipinski definition) is 1. The molecule has 4 saturated carbocycles. The number of carbonyl (C=O) groups is 1. The van der Waals surface area contributed by atoms with Crippen LogP contribution in [0.15, 0.2) is 24.3 Å². The summed E-state index contributed by atoms with van der Waals surface area (Å²) in [7, 11) is 0. The van der Waals surface area contributed by atoms with Crippen molar-refractivity contribution in [1.82, 2.24) is 5.32 Å². The molecule has 22 heavy (non-hydrogen) atoms. The molecule has 0 spiro atoms. The third kappa shape index (κ3) is 2.35. The van der Waals surface area contributed by atoms with E-state index in [1.54, 1.807) is 6.07 Å². The summed E-state index contributed by atoms with van der Waals surface area (Å²) < 4.78 is 13.4. The van der Waals surface area contributed by atoms with Gasteiger partial charge in [0.05, 0.1) is 6.04 Å². The van der Waals surface area contributed by atoms with Gasteiger partial charge >= 0.3 is 0 Å². The van der Waals surface area contributed by atoms with Gasteiger partial charge < -0.3 is 5.32 Å². The van der Waals surface area contributed by atoms with Crippen LogP contribution in [0.3, 0.4) is 0 Å². The zero-order valence-corrected chi connectivity index (χ0v) is 13.1. The molecule has 0 aliphatic heterocycles. The largest absolute Gasteiger partial charge is 0.349 e. The van der Waals surface area contributed by atoms with E-state index in [9.17, 15) is 9.18 Å². The molecule has 1 unspecified atom stereocenters. The molecule has 0 saturated heterocycles. The molecule has 118 valence electrons. The molecular formula is C19H24FNO. The van der Waals surface area contributed by atoms with E-state index < -0.39 is 0 Å². The van der Waals surface area contributed by atoms with E-state index in [-0.39, 0.29) is 23.2 Å². The summed E-state index contributed by atoms with van der Waals surface area (Å²) in [5.41, 5.74) is 0.717. The smallest absolute Gasteiger partial charge is 0.226 e. The van der Waals surface area contributed by atoms with Crippen molar-refractivity contribution in [2.24, 2.45) is 23.2 Å². The van der Waals surface area contributed by atoms with E-state index >= 15 is 0 Å². The Morgan fingerprint density at radius 1 is 1.18 bits per heavy atom. The van der Waals surface area contributed by atoms with Crippen molar-refractivity contribution in [1.29, 1.82) is 0 Å². The van der Waals surface area contributed by atoms with Gasteiger partial charge in [-0.25, -0.2) is 4.39 Å². The normalized spacial score (nSPS) is 37.1. The number of hydrogen-bond acceptors (Lipinski definition) is 1. The summed E-state index contributed by atoms with van der Waals surface area (Å²) in [5.74, 6) is 2.26. The highest BCUT2D eigenvalue weighted by Crippen LogP contribution is 2.60. The second kappa shape index (κ2) is 5.07. The van der Waals surface area contributed by atoms with Crippen molar-refractivity contribution < 1.29 is 9.18 Å². The summed E-state index contributed by atoms with van der Waals surface area (Å²) in [5, 5.41) is 3.17. The second-order valence-electron chi connectivity index (χ2n) is 7.95. The summed E-state index contributed by atoms with van der Waals surface area (Å²) in [6.45, 7) is 1.95. The van der Waals surface area contributed by atoms with E-state index in [2.05, 4.69) is 5.32 Å². The molecule has 0 radical (unpaired) electrons. The van der Waals surface area contributed by atoms with E-state index in [4.69, 9.17) is 0 Å². The van der Waals surface area contributed by atoms with Crippen LogP contribution in [0.2, 0.25) is 0 Å². The Morgan fingerprint density at radius 2 is 1.77 bits per heavy atom. The number of halogens is 1. The van der Waals surface area contributed by atoms with E-state index in [1.165, 1.54) is 31.4 Å². The minimum atomic E-state index is -0.242. The fraction of sp³-hybridized carbons (Fsp3) is 0.632. The van der Waals surface area contributed by atoms with Crippen molar-refractivity contribution in [3.8, 4) is 0 Å². The molecular weight excluding hydrogens is 277 g/mol. The summed E-state index contributed by atoms with van der Waals surface area (Å²) in [4.78, 5) is 13.0. The number of benzene rings is 1. The zero-order valence-electron chi connectivity index (χ0n) is 13.1. The van der Waals surface area contributed by atoms with Crippen molar-refractivity contribution >= 4 is 5.91 Å². The molecule has 1 N–H and O–H groups in total. The first kappa shape index (κ1) is 14.2. The van der Waals surface area contributed by atoms with E-state index in [0.29, 0.717) is 0 Å². The fourth-order valence-electron chi connectivity index (χ4n) is 5.60. The SMILES string of the molecule is CC(NC(=O)C12CC3CC(CC(C3)C1)C2)c1cccc(F)c1. The third-order valence-corrected chi connectivity index (χ3v) is 6.22. The average Bonchev–Trinajstić information content (AvgIpc) is 2.45. The quantitative estimate of drug-likeness (QED) is 0.890. The van der Waals surface area contributed by atoms with Crippen LogP contribution in [0.25, 0.3) is 0 Å². The predicted molar refractivity (Wildman–Crippen MR) is 83.6 cm³/mol. The topological polar surface area (TPSA) is 29.1 Å². The van der Waals surface area contributed by atoms with Crippen molar-refractivity contribution in [2.75, 3.05) is 0 Å². The lowest BCUT2D eigenvalue weighted by molar-refractivity contribution is -0.147. The van der Waals surface area contributed by atoms with Gasteiger partial charge in [0.2, 0.25) is 5.91 Å². The van der Waals surface area contributed by atoms with Crippen LogP contribution in [0, 0.1) is 29.0 Å². The van der Waals surface area contributed by atoms with Crippen molar-refractivity contribution in [3.63, 3.8) is 0 Å². The van der Waals surface area contributed by atoms with Crippen molar-refractivity contribution in [2.45, 2.75) is 51.5 Å². The molecule has 4 aliphatic rings. The molecule has 4 bridgehead atoms. The molecule has 0 heterocycles. The first-order valence-electron chi connectivity index (χ1n) is 8.60. The number of amides is 1. The van der Waals surface area contributed by atoms with Crippen LogP contribution in [-0.2, 0) is 4.79 Å². The maximum Gasteiger partial charge on any atom is 0.226 e. The Balaban J connectivity index is 1.50. The lowest BCUT2D eigenvalue weighted by Gasteiger charge is -2.55. The molecule has 4 fully saturated rings. The van der Waals surface area contributed by atoms with Gasteiger partial charge in [0, 0.05) is 5.41 Å². The van der Waals surface area contributed by atoms with Gasteiger partial charge in [-0.3, -0.25) is 4.79 Å².